The van der Waals surface area contributed by atoms with Crippen molar-refractivity contribution in [2.24, 2.45) is 0 Å². The van der Waals surface area contributed by atoms with E-state index in [4.69, 9.17) is 0 Å². The monoisotopic (exact) mass is 403 g/mol. The second kappa shape index (κ2) is 8.34. The summed E-state index contributed by atoms with van der Waals surface area (Å²) in [5.74, 6) is 1.45. The maximum absolute atomic E-state index is 12.0. The summed E-state index contributed by atoms with van der Waals surface area (Å²) in [4.78, 5) is 11.5. The minimum Gasteiger partial charge on any atom is -0.357 e. The predicted octanol–water partition coefficient (Wildman–Crippen LogP) is 3.34. The molecule has 1 aliphatic rings. The highest BCUT2D eigenvalue weighted by molar-refractivity contribution is 7.92. The van der Waals surface area contributed by atoms with Crippen LogP contribution in [0.5, 0.6) is 0 Å². The number of benzene rings is 1. The Kier molecular flexibility index (Phi) is 6.07. The minimum atomic E-state index is -3.28. The van der Waals surface area contributed by atoms with Crippen LogP contribution in [0.4, 0.5) is 23.1 Å². The highest BCUT2D eigenvalue weighted by atomic mass is 32.2. The molecule has 1 N–H and O–H groups in total. The van der Waals surface area contributed by atoms with Crippen LogP contribution < -0.4 is 14.5 Å². The number of sulfonamides is 1. The molecular weight excluding hydrogens is 374 g/mol. The summed E-state index contributed by atoms with van der Waals surface area (Å²) in [5, 5.41) is 3.28. The summed E-state index contributed by atoms with van der Waals surface area (Å²) in [6, 6.07) is 7.85. The Morgan fingerprint density at radius 1 is 1.14 bits per heavy atom. The van der Waals surface area contributed by atoms with E-state index in [9.17, 15) is 8.42 Å². The lowest BCUT2D eigenvalue weighted by Gasteiger charge is -2.21. The second-order valence-corrected chi connectivity index (χ2v) is 8.92. The van der Waals surface area contributed by atoms with E-state index in [1.165, 1.54) is 10.6 Å². The fraction of sp³-hybridized carbons (Fsp3) is 0.500. The summed E-state index contributed by atoms with van der Waals surface area (Å²) in [7, 11) is -3.28. The van der Waals surface area contributed by atoms with Crippen LogP contribution in [-0.2, 0) is 22.9 Å². The fourth-order valence-corrected chi connectivity index (χ4v) is 4.48. The third-order valence-electron chi connectivity index (χ3n) is 4.95. The normalized spacial score (nSPS) is 13.5. The van der Waals surface area contributed by atoms with Crippen LogP contribution in [0.15, 0.2) is 24.3 Å². The Bertz CT molecular complexity index is 942. The Morgan fingerprint density at radius 2 is 1.89 bits per heavy atom. The van der Waals surface area contributed by atoms with Gasteiger partial charge in [0.25, 0.3) is 0 Å². The number of fused-ring (bicyclic) bond motifs is 1. The number of rotatable bonds is 8. The SMILES string of the molecule is CCCc1cc(N(CC)CC)nc(Nc2ccc3c(c2)N(S(C)(=O)=O)CC3)n1. The molecule has 2 aromatic rings. The van der Waals surface area contributed by atoms with E-state index >= 15 is 0 Å². The van der Waals surface area contributed by atoms with Crippen molar-refractivity contribution in [2.45, 2.75) is 40.0 Å². The molecule has 2 heterocycles. The molecule has 28 heavy (non-hydrogen) atoms. The van der Waals surface area contributed by atoms with Gasteiger partial charge in [0, 0.05) is 37.1 Å². The third kappa shape index (κ3) is 4.38. The number of anilines is 4. The molecule has 8 heteroatoms. The Hall–Kier alpha value is -2.35. The average molecular weight is 404 g/mol. The molecule has 0 atom stereocenters. The second-order valence-electron chi connectivity index (χ2n) is 7.02. The maximum Gasteiger partial charge on any atom is 0.232 e. The summed E-state index contributed by atoms with van der Waals surface area (Å²) in [6.07, 6.45) is 3.88. The molecule has 0 amide bonds. The summed E-state index contributed by atoms with van der Waals surface area (Å²) in [6.45, 7) is 8.59. The predicted molar refractivity (Wildman–Crippen MR) is 115 cm³/mol. The number of nitrogens with zero attached hydrogens (tertiary/aromatic N) is 4. The first kappa shape index (κ1) is 20.4. The lowest BCUT2D eigenvalue weighted by atomic mass is 10.1. The van der Waals surface area contributed by atoms with Gasteiger partial charge in [-0.25, -0.2) is 13.4 Å². The van der Waals surface area contributed by atoms with Crippen LogP contribution in [0, 0.1) is 0 Å². The Labute approximate surface area is 167 Å². The van der Waals surface area contributed by atoms with Gasteiger partial charge in [-0.05, 0) is 44.4 Å². The van der Waals surface area contributed by atoms with Crippen LogP contribution >= 0.6 is 0 Å². The zero-order valence-electron chi connectivity index (χ0n) is 17.1. The number of nitrogens with one attached hydrogen (secondary N) is 1. The maximum atomic E-state index is 12.0. The van der Waals surface area contributed by atoms with Crippen molar-refractivity contribution >= 4 is 33.2 Å². The van der Waals surface area contributed by atoms with Crippen molar-refractivity contribution in [1.82, 2.24) is 9.97 Å². The zero-order valence-corrected chi connectivity index (χ0v) is 17.9. The van der Waals surface area contributed by atoms with Gasteiger partial charge in [0.2, 0.25) is 16.0 Å². The van der Waals surface area contributed by atoms with Crippen molar-refractivity contribution in [3.8, 4) is 0 Å². The first-order valence-electron chi connectivity index (χ1n) is 9.86. The van der Waals surface area contributed by atoms with E-state index in [1.54, 1.807) is 0 Å². The highest BCUT2D eigenvalue weighted by Gasteiger charge is 2.26. The van der Waals surface area contributed by atoms with Crippen LogP contribution in [0.2, 0.25) is 0 Å². The number of aryl methyl sites for hydroxylation is 1. The van der Waals surface area contributed by atoms with Crippen LogP contribution in [0.3, 0.4) is 0 Å². The topological polar surface area (TPSA) is 78.4 Å². The van der Waals surface area contributed by atoms with Gasteiger partial charge in [-0.3, -0.25) is 4.31 Å². The fourth-order valence-electron chi connectivity index (χ4n) is 3.53. The van der Waals surface area contributed by atoms with Gasteiger partial charge in [0.05, 0.1) is 11.9 Å². The zero-order chi connectivity index (χ0) is 20.3. The average Bonchev–Trinajstić information content (AvgIpc) is 3.06. The lowest BCUT2D eigenvalue weighted by Crippen LogP contribution is -2.27. The summed E-state index contributed by atoms with van der Waals surface area (Å²) >= 11 is 0. The van der Waals surface area contributed by atoms with Crippen LogP contribution in [0.1, 0.15) is 38.4 Å². The first-order valence-corrected chi connectivity index (χ1v) is 11.7. The molecule has 1 aliphatic heterocycles. The van der Waals surface area contributed by atoms with Gasteiger partial charge in [-0.1, -0.05) is 19.4 Å². The van der Waals surface area contributed by atoms with Crippen molar-refractivity contribution in [3.05, 3.63) is 35.5 Å². The van der Waals surface area contributed by atoms with E-state index in [2.05, 4.69) is 47.0 Å². The van der Waals surface area contributed by atoms with E-state index in [0.717, 1.165) is 60.8 Å². The molecule has 152 valence electrons. The molecule has 0 radical (unpaired) electrons. The Morgan fingerprint density at radius 3 is 2.54 bits per heavy atom. The standard InChI is InChI=1S/C20H29N5O2S/c1-5-8-16-14-19(24(6-2)7-3)23-20(21-16)22-17-10-9-15-11-12-25(18(15)13-17)28(4,26)27/h9-10,13-14H,5-8,11-12H2,1-4H3,(H,21,22,23). The molecular formula is C20H29N5O2S. The Balaban J connectivity index is 1.93. The summed E-state index contributed by atoms with van der Waals surface area (Å²) < 4.78 is 25.5. The van der Waals surface area contributed by atoms with Gasteiger partial charge in [-0.15, -0.1) is 0 Å². The molecule has 0 bridgehead atoms. The molecule has 3 rings (SSSR count). The molecule has 0 aliphatic carbocycles. The van der Waals surface area contributed by atoms with Crippen molar-refractivity contribution in [2.75, 3.05) is 40.4 Å². The minimum absolute atomic E-state index is 0.492. The number of hydrogen-bond donors (Lipinski definition) is 1. The van der Waals surface area contributed by atoms with E-state index in [1.807, 2.05) is 18.2 Å². The molecule has 7 nitrogen and oxygen atoms in total. The van der Waals surface area contributed by atoms with Crippen molar-refractivity contribution < 1.29 is 8.42 Å². The molecule has 0 saturated heterocycles. The van der Waals surface area contributed by atoms with Crippen molar-refractivity contribution in [3.63, 3.8) is 0 Å². The smallest absolute Gasteiger partial charge is 0.232 e. The third-order valence-corrected chi connectivity index (χ3v) is 6.13. The molecule has 0 saturated carbocycles. The molecule has 1 aromatic heterocycles. The van der Waals surface area contributed by atoms with Gasteiger partial charge in [0.15, 0.2) is 0 Å². The van der Waals surface area contributed by atoms with Gasteiger partial charge in [0.1, 0.15) is 5.82 Å². The molecule has 0 unspecified atom stereocenters. The van der Waals surface area contributed by atoms with Gasteiger partial charge < -0.3 is 10.2 Å². The van der Waals surface area contributed by atoms with Gasteiger partial charge >= 0.3 is 0 Å². The van der Waals surface area contributed by atoms with Crippen LogP contribution in [0.25, 0.3) is 0 Å². The largest absolute Gasteiger partial charge is 0.357 e. The van der Waals surface area contributed by atoms with E-state index in [0.29, 0.717) is 12.5 Å². The molecule has 1 aromatic carbocycles. The van der Waals surface area contributed by atoms with E-state index in [-0.39, 0.29) is 0 Å². The highest BCUT2D eigenvalue weighted by Crippen LogP contribution is 2.33. The molecule has 0 fully saturated rings. The van der Waals surface area contributed by atoms with Gasteiger partial charge in [-0.2, -0.15) is 4.98 Å². The van der Waals surface area contributed by atoms with Crippen LogP contribution in [-0.4, -0.2) is 44.3 Å². The lowest BCUT2D eigenvalue weighted by molar-refractivity contribution is 0.598. The van der Waals surface area contributed by atoms with E-state index < -0.39 is 10.0 Å². The molecule has 0 spiro atoms. The summed E-state index contributed by atoms with van der Waals surface area (Å²) in [5.41, 5.74) is 3.57. The first-order chi connectivity index (χ1) is 13.4. The number of hydrogen-bond acceptors (Lipinski definition) is 6. The van der Waals surface area contributed by atoms with Crippen molar-refractivity contribution in [1.29, 1.82) is 0 Å². The number of aromatic nitrogens is 2. The quantitative estimate of drug-likeness (QED) is 0.728.